The second-order valence-corrected chi connectivity index (χ2v) is 7.56. The number of carbonyl (C=O) groups excluding carboxylic acids is 1. The van der Waals surface area contributed by atoms with Gasteiger partial charge in [0.25, 0.3) is 0 Å². The van der Waals surface area contributed by atoms with Gasteiger partial charge in [0.15, 0.2) is 5.65 Å². The molecule has 0 unspecified atom stereocenters. The highest BCUT2D eigenvalue weighted by Gasteiger charge is 2.27. The van der Waals surface area contributed by atoms with Crippen molar-refractivity contribution >= 4 is 70.6 Å². The minimum absolute atomic E-state index is 0.0956. The molecule has 0 aromatic carbocycles. The Bertz CT molecular complexity index is 1210. The van der Waals surface area contributed by atoms with Crippen LogP contribution in [-0.2, 0) is 15.5 Å². The number of carbonyl (C=O) groups is 1. The van der Waals surface area contributed by atoms with E-state index in [2.05, 4.69) is 20.1 Å². The smallest absolute Gasteiger partial charge is 0.356 e. The van der Waals surface area contributed by atoms with Crippen molar-refractivity contribution in [2.45, 2.75) is 6.54 Å². The molecule has 0 aliphatic rings. The third-order valence-electron chi connectivity index (χ3n) is 4.16. The third kappa shape index (κ3) is 3.49. The van der Waals surface area contributed by atoms with E-state index in [1.807, 2.05) is 27.3 Å². The molecular weight excluding hydrogens is 533 g/mol. The summed E-state index contributed by atoms with van der Waals surface area (Å²) in [6.07, 6.45) is 1.64. The van der Waals surface area contributed by atoms with Crippen molar-refractivity contribution < 1.29 is 13.7 Å². The molecule has 13 heteroatoms. The number of pyridine rings is 1. The predicted molar refractivity (Wildman–Crippen MR) is 118 cm³/mol. The average molecular weight is 546 g/mol. The van der Waals surface area contributed by atoms with E-state index in [0.717, 1.165) is 0 Å². The van der Waals surface area contributed by atoms with Crippen molar-refractivity contribution in [2.75, 3.05) is 19.5 Å². The summed E-state index contributed by atoms with van der Waals surface area (Å²) in [4.78, 5) is 25.6. The summed E-state index contributed by atoms with van der Waals surface area (Å²) in [6, 6.07) is 5.40. The lowest BCUT2D eigenvalue weighted by Crippen LogP contribution is -2.14. The molecule has 0 saturated carbocycles. The second kappa shape index (κ2) is 8.30. The minimum atomic E-state index is -0.601. The quantitative estimate of drug-likeness (QED) is 0.168. The topological polar surface area (TPSA) is 122 Å². The first-order chi connectivity index (χ1) is 14.1. The molecule has 0 aliphatic heterocycles. The van der Waals surface area contributed by atoms with Crippen LogP contribution in [0.25, 0.3) is 28.2 Å². The van der Waals surface area contributed by atoms with E-state index >= 15 is 0 Å². The Morgan fingerprint density at radius 2 is 2.17 bits per heavy atom. The van der Waals surface area contributed by atoms with E-state index in [1.165, 1.54) is 20.8 Å². The molecule has 29 heavy (non-hydrogen) atoms. The molecule has 4 heterocycles. The van der Waals surface area contributed by atoms with E-state index in [1.54, 1.807) is 22.9 Å². The fourth-order valence-electron chi connectivity index (χ4n) is 2.96. The van der Waals surface area contributed by atoms with Gasteiger partial charge in [-0.25, -0.2) is 9.78 Å². The molecule has 150 valence electrons. The first-order valence-corrected chi connectivity index (χ1v) is 11.9. The van der Waals surface area contributed by atoms with Crippen molar-refractivity contribution in [3.8, 4) is 11.5 Å². The summed E-state index contributed by atoms with van der Waals surface area (Å²) in [5.41, 5.74) is 7.60. The molecule has 0 radical (unpaired) electrons. The summed E-state index contributed by atoms with van der Waals surface area (Å²) in [7, 11) is 2.47. The standard InChI is InChI=1S/C16H13ClIN7O3S/c1-27-15(26)11-10(17)9-13(24(11)6-7-28-29-18)22-16(19)25-14(9)21-12(23-25)8-4-2-3-5-20-8/h2-5H,6-7H2,1H3,(H2,19,22). The molecule has 0 saturated heterocycles. The molecule has 0 bridgehead atoms. The Kier molecular flexibility index (Phi) is 5.76. The molecule has 0 aliphatic carbocycles. The van der Waals surface area contributed by atoms with Crippen LogP contribution in [0.15, 0.2) is 24.4 Å². The van der Waals surface area contributed by atoms with Gasteiger partial charge in [-0.2, -0.15) is 9.50 Å². The molecule has 2 N–H and O–H groups in total. The molecule has 0 atom stereocenters. The van der Waals surface area contributed by atoms with E-state index in [-0.39, 0.29) is 16.7 Å². The summed E-state index contributed by atoms with van der Waals surface area (Å²) in [5.74, 6) is -0.144. The molecule has 0 amide bonds. The van der Waals surface area contributed by atoms with Gasteiger partial charge in [-0.3, -0.25) is 4.98 Å². The Morgan fingerprint density at radius 1 is 1.34 bits per heavy atom. The summed E-state index contributed by atoms with van der Waals surface area (Å²) in [6.45, 7) is 0.629. The number of ether oxygens (including phenoxy) is 1. The van der Waals surface area contributed by atoms with Gasteiger partial charge in [0.1, 0.15) is 17.0 Å². The van der Waals surface area contributed by atoms with Crippen LogP contribution in [-0.4, -0.2) is 48.8 Å². The van der Waals surface area contributed by atoms with Crippen LogP contribution in [0.1, 0.15) is 10.5 Å². The largest absolute Gasteiger partial charge is 0.464 e. The number of esters is 1. The van der Waals surface area contributed by atoms with E-state index in [0.29, 0.717) is 41.4 Å². The maximum atomic E-state index is 12.4. The molecule has 0 fully saturated rings. The maximum absolute atomic E-state index is 12.4. The zero-order valence-corrected chi connectivity index (χ0v) is 18.6. The zero-order valence-electron chi connectivity index (χ0n) is 14.9. The van der Waals surface area contributed by atoms with Gasteiger partial charge in [-0.05, 0) is 12.1 Å². The highest BCUT2D eigenvalue weighted by Crippen LogP contribution is 2.34. The van der Waals surface area contributed by atoms with Crippen molar-refractivity contribution in [1.29, 1.82) is 0 Å². The van der Waals surface area contributed by atoms with Gasteiger partial charge >= 0.3 is 5.97 Å². The maximum Gasteiger partial charge on any atom is 0.356 e. The molecular formula is C16H13ClIN7O3S. The number of methoxy groups -OCH3 is 1. The van der Waals surface area contributed by atoms with Crippen molar-refractivity contribution in [3.63, 3.8) is 0 Å². The lowest BCUT2D eigenvalue weighted by molar-refractivity contribution is 0.0588. The SMILES string of the molecule is COC(=O)c1c(Cl)c2c(nc(N)n3nc(-c4ccccn4)nc23)n1CCOSI. The van der Waals surface area contributed by atoms with Gasteiger partial charge in [0, 0.05) is 33.9 Å². The number of nitrogens with zero attached hydrogens (tertiary/aromatic N) is 6. The van der Waals surface area contributed by atoms with Crippen LogP contribution in [0.2, 0.25) is 5.02 Å². The zero-order chi connectivity index (χ0) is 20.5. The number of anilines is 1. The van der Waals surface area contributed by atoms with Crippen molar-refractivity contribution in [1.82, 2.24) is 29.1 Å². The Morgan fingerprint density at radius 3 is 2.86 bits per heavy atom. The van der Waals surface area contributed by atoms with E-state index in [4.69, 9.17) is 26.3 Å². The average Bonchev–Trinajstić information content (AvgIpc) is 3.29. The summed E-state index contributed by atoms with van der Waals surface area (Å²) in [5, 5.41) is 5.00. The lowest BCUT2D eigenvalue weighted by Gasteiger charge is -2.08. The number of rotatable bonds is 6. The predicted octanol–water partition coefficient (Wildman–Crippen LogP) is 3.18. The number of halogens is 2. The van der Waals surface area contributed by atoms with Crippen LogP contribution in [0.3, 0.4) is 0 Å². The van der Waals surface area contributed by atoms with Crippen LogP contribution >= 0.6 is 42.0 Å². The van der Waals surface area contributed by atoms with Gasteiger partial charge < -0.3 is 19.2 Å². The summed E-state index contributed by atoms with van der Waals surface area (Å²) < 4.78 is 13.2. The molecule has 0 spiro atoms. The van der Waals surface area contributed by atoms with Crippen molar-refractivity contribution in [2.24, 2.45) is 0 Å². The Hall–Kier alpha value is -2.16. The molecule has 4 aromatic rings. The van der Waals surface area contributed by atoms with Gasteiger partial charge in [0.05, 0.1) is 33.3 Å². The number of aromatic nitrogens is 6. The molecule has 4 aromatic heterocycles. The Balaban J connectivity index is 2.00. The van der Waals surface area contributed by atoms with Crippen LogP contribution in [0.5, 0.6) is 0 Å². The van der Waals surface area contributed by atoms with Gasteiger partial charge in [-0.15, -0.1) is 5.10 Å². The number of hydrogen-bond donors (Lipinski definition) is 1. The van der Waals surface area contributed by atoms with Gasteiger partial charge in [0.2, 0.25) is 11.8 Å². The highest BCUT2D eigenvalue weighted by atomic mass is 127. The first kappa shape index (κ1) is 20.1. The number of fused-ring (bicyclic) bond motifs is 3. The van der Waals surface area contributed by atoms with E-state index < -0.39 is 5.97 Å². The fourth-order valence-corrected chi connectivity index (χ4v) is 3.98. The molecule has 10 nitrogen and oxygen atoms in total. The second-order valence-electron chi connectivity index (χ2n) is 5.75. The first-order valence-electron chi connectivity index (χ1n) is 8.20. The Labute approximate surface area is 185 Å². The molecule has 4 rings (SSSR count). The highest BCUT2D eigenvalue weighted by molar-refractivity contribution is 14.2. The fraction of sp³-hybridized carbons (Fsp3) is 0.188. The van der Waals surface area contributed by atoms with E-state index in [9.17, 15) is 4.79 Å². The third-order valence-corrected chi connectivity index (χ3v) is 5.55. The van der Waals surface area contributed by atoms with Crippen LogP contribution < -0.4 is 5.73 Å². The van der Waals surface area contributed by atoms with Crippen molar-refractivity contribution in [3.05, 3.63) is 35.1 Å². The minimum Gasteiger partial charge on any atom is -0.464 e. The summed E-state index contributed by atoms with van der Waals surface area (Å²) >= 11 is 8.60. The van der Waals surface area contributed by atoms with Crippen LogP contribution in [0.4, 0.5) is 5.95 Å². The normalized spacial score (nSPS) is 11.4. The van der Waals surface area contributed by atoms with Gasteiger partial charge in [-0.1, -0.05) is 17.7 Å². The monoisotopic (exact) mass is 545 g/mol. The number of hydrogen-bond acceptors (Lipinski definition) is 9. The number of nitrogen functional groups attached to an aromatic ring is 1. The lowest BCUT2D eigenvalue weighted by atomic mass is 10.3. The number of nitrogens with two attached hydrogens (primary N) is 1. The van der Waals surface area contributed by atoms with Crippen LogP contribution in [0, 0.1) is 0 Å².